The lowest BCUT2D eigenvalue weighted by atomic mass is 10.0. The smallest absolute Gasteiger partial charge is 0.249 e. The normalized spacial score (nSPS) is 15.6. The van der Waals surface area contributed by atoms with Gasteiger partial charge < -0.3 is 14.3 Å². The Bertz CT molecular complexity index is 1010. The molecule has 0 spiro atoms. The highest BCUT2D eigenvalue weighted by atomic mass is 16.5. The summed E-state index contributed by atoms with van der Waals surface area (Å²) in [6, 6.07) is 7.54. The fraction of sp³-hybridized carbons (Fsp3) is 0.409. The number of benzene rings is 1. The van der Waals surface area contributed by atoms with Gasteiger partial charge in [-0.15, -0.1) is 0 Å². The van der Waals surface area contributed by atoms with E-state index in [2.05, 4.69) is 15.5 Å². The van der Waals surface area contributed by atoms with Crippen LogP contribution in [-0.2, 0) is 11.2 Å². The average molecular weight is 379 g/mol. The van der Waals surface area contributed by atoms with Crippen LogP contribution in [0.15, 0.2) is 39.3 Å². The van der Waals surface area contributed by atoms with Gasteiger partial charge in [0.15, 0.2) is 5.82 Å². The number of para-hydroxylation sites is 1. The Morgan fingerprint density at radius 1 is 1.32 bits per heavy atom. The maximum atomic E-state index is 12.6. The van der Waals surface area contributed by atoms with E-state index in [0.29, 0.717) is 11.8 Å². The minimum absolute atomic E-state index is 0.130. The highest BCUT2D eigenvalue weighted by Crippen LogP contribution is 2.38. The molecule has 28 heavy (non-hydrogen) atoms. The van der Waals surface area contributed by atoms with Gasteiger partial charge in [-0.25, -0.2) is 0 Å². The Labute approximate surface area is 164 Å². The minimum Gasteiger partial charge on any atom is -0.460 e. The molecule has 4 rings (SSSR count). The van der Waals surface area contributed by atoms with Gasteiger partial charge in [0.2, 0.25) is 11.8 Å². The Balaban J connectivity index is 1.52. The predicted molar refractivity (Wildman–Crippen MR) is 107 cm³/mol. The van der Waals surface area contributed by atoms with E-state index in [1.807, 2.05) is 51.1 Å². The Kier molecular flexibility index (Phi) is 5.03. The highest BCUT2D eigenvalue weighted by molar-refractivity contribution is 5.96. The van der Waals surface area contributed by atoms with Crippen LogP contribution in [0.1, 0.15) is 68.6 Å². The number of nitrogens with zero attached hydrogens (tertiary/aromatic N) is 2. The van der Waals surface area contributed by atoms with E-state index >= 15 is 0 Å². The van der Waals surface area contributed by atoms with Crippen molar-refractivity contribution >= 4 is 23.0 Å². The molecule has 6 heteroatoms. The summed E-state index contributed by atoms with van der Waals surface area (Å²) in [4.78, 5) is 17.1. The number of carbonyl (C=O) groups is 1. The lowest BCUT2D eigenvalue weighted by molar-refractivity contribution is -0.117. The van der Waals surface area contributed by atoms with E-state index in [4.69, 9.17) is 8.94 Å². The Hall–Kier alpha value is -2.89. The van der Waals surface area contributed by atoms with Crippen molar-refractivity contribution in [3.63, 3.8) is 0 Å². The van der Waals surface area contributed by atoms with Gasteiger partial charge in [0.25, 0.3) is 0 Å². The van der Waals surface area contributed by atoms with Gasteiger partial charge in [0, 0.05) is 29.4 Å². The Morgan fingerprint density at radius 3 is 2.82 bits per heavy atom. The number of aryl methyl sites for hydroxylation is 1. The van der Waals surface area contributed by atoms with Crippen LogP contribution >= 0.6 is 0 Å². The summed E-state index contributed by atoms with van der Waals surface area (Å²) in [5.74, 6) is 2.45. The first-order chi connectivity index (χ1) is 13.6. The number of rotatable bonds is 7. The fourth-order valence-electron chi connectivity index (χ4n) is 3.32. The van der Waals surface area contributed by atoms with Crippen LogP contribution < -0.4 is 5.32 Å². The predicted octanol–water partition coefficient (Wildman–Crippen LogP) is 4.78. The van der Waals surface area contributed by atoms with Crippen LogP contribution in [0.2, 0.25) is 0 Å². The van der Waals surface area contributed by atoms with E-state index in [0.717, 1.165) is 47.4 Å². The molecule has 0 saturated heterocycles. The average Bonchev–Trinajstić information content (AvgIpc) is 3.31. The molecule has 1 aliphatic carbocycles. The number of amides is 1. The van der Waals surface area contributed by atoms with Crippen molar-refractivity contribution in [2.45, 2.75) is 52.0 Å². The SMILES string of the molecule is CCc1oc2ccccc2c1/C=C/C(=O)NC(c1nc(C2CC2)no1)C(C)C. The zero-order valence-electron chi connectivity index (χ0n) is 16.4. The summed E-state index contributed by atoms with van der Waals surface area (Å²) in [7, 11) is 0. The number of nitrogens with one attached hydrogen (secondary N) is 1. The van der Waals surface area contributed by atoms with Crippen LogP contribution in [0.5, 0.6) is 0 Å². The van der Waals surface area contributed by atoms with Gasteiger partial charge in [-0.05, 0) is 30.9 Å². The third-order valence-corrected chi connectivity index (χ3v) is 5.06. The summed E-state index contributed by atoms with van der Waals surface area (Å²) in [6.07, 6.45) is 6.35. The van der Waals surface area contributed by atoms with Crippen molar-refractivity contribution < 1.29 is 13.7 Å². The summed E-state index contributed by atoms with van der Waals surface area (Å²) >= 11 is 0. The summed E-state index contributed by atoms with van der Waals surface area (Å²) in [5.41, 5.74) is 1.78. The molecule has 0 radical (unpaired) electrons. The van der Waals surface area contributed by atoms with Crippen LogP contribution in [-0.4, -0.2) is 16.0 Å². The summed E-state index contributed by atoms with van der Waals surface area (Å²) < 4.78 is 11.3. The summed E-state index contributed by atoms with van der Waals surface area (Å²) in [5, 5.41) is 8.07. The lowest BCUT2D eigenvalue weighted by Crippen LogP contribution is -2.30. The molecule has 1 aromatic carbocycles. The topological polar surface area (TPSA) is 81.2 Å². The molecule has 1 N–H and O–H groups in total. The lowest BCUT2D eigenvalue weighted by Gasteiger charge is -2.17. The minimum atomic E-state index is -0.316. The van der Waals surface area contributed by atoms with Crippen molar-refractivity contribution in [1.82, 2.24) is 15.5 Å². The molecule has 2 heterocycles. The second-order valence-electron chi connectivity index (χ2n) is 7.62. The summed E-state index contributed by atoms with van der Waals surface area (Å²) in [6.45, 7) is 6.08. The molecule has 1 amide bonds. The molecule has 1 fully saturated rings. The van der Waals surface area contributed by atoms with Crippen molar-refractivity contribution in [2.24, 2.45) is 5.92 Å². The van der Waals surface area contributed by atoms with Gasteiger partial charge in [-0.1, -0.05) is 44.1 Å². The molecular formula is C22H25N3O3. The van der Waals surface area contributed by atoms with Gasteiger partial charge in [-0.2, -0.15) is 4.98 Å². The molecule has 0 bridgehead atoms. The molecule has 0 aliphatic heterocycles. The van der Waals surface area contributed by atoms with Crippen LogP contribution in [0.3, 0.4) is 0 Å². The first-order valence-electron chi connectivity index (χ1n) is 9.89. The van der Waals surface area contributed by atoms with Crippen molar-refractivity contribution in [3.05, 3.63) is 53.4 Å². The van der Waals surface area contributed by atoms with Crippen molar-refractivity contribution in [2.75, 3.05) is 0 Å². The van der Waals surface area contributed by atoms with Crippen LogP contribution in [0.25, 0.3) is 17.0 Å². The number of aromatic nitrogens is 2. The number of fused-ring (bicyclic) bond motifs is 1. The maximum Gasteiger partial charge on any atom is 0.249 e. The van der Waals surface area contributed by atoms with Crippen molar-refractivity contribution in [1.29, 1.82) is 0 Å². The molecule has 1 aliphatic rings. The third-order valence-electron chi connectivity index (χ3n) is 5.06. The van der Waals surface area contributed by atoms with Gasteiger partial charge in [0.1, 0.15) is 17.4 Å². The molecule has 2 aromatic heterocycles. The van der Waals surface area contributed by atoms with E-state index in [9.17, 15) is 4.79 Å². The zero-order valence-corrected chi connectivity index (χ0v) is 16.4. The van der Waals surface area contributed by atoms with Crippen molar-refractivity contribution in [3.8, 4) is 0 Å². The monoisotopic (exact) mass is 379 g/mol. The van der Waals surface area contributed by atoms with Crippen LogP contribution in [0, 0.1) is 5.92 Å². The number of carbonyl (C=O) groups excluding carboxylic acids is 1. The first kappa shape index (κ1) is 18.5. The highest BCUT2D eigenvalue weighted by Gasteiger charge is 2.31. The molecule has 1 atom stereocenters. The number of furan rings is 1. The first-order valence-corrected chi connectivity index (χ1v) is 9.89. The van der Waals surface area contributed by atoms with E-state index < -0.39 is 0 Å². The second kappa shape index (κ2) is 7.62. The zero-order chi connectivity index (χ0) is 19.7. The number of hydrogen-bond acceptors (Lipinski definition) is 5. The molecular weight excluding hydrogens is 354 g/mol. The van der Waals surface area contributed by atoms with Gasteiger partial charge in [0.05, 0.1) is 0 Å². The molecule has 1 saturated carbocycles. The van der Waals surface area contributed by atoms with E-state index in [-0.39, 0.29) is 17.9 Å². The van der Waals surface area contributed by atoms with Crippen LogP contribution in [0.4, 0.5) is 0 Å². The number of hydrogen-bond donors (Lipinski definition) is 1. The Morgan fingerprint density at radius 2 is 2.11 bits per heavy atom. The molecule has 146 valence electrons. The molecule has 3 aromatic rings. The largest absolute Gasteiger partial charge is 0.460 e. The molecule has 1 unspecified atom stereocenters. The quantitative estimate of drug-likeness (QED) is 0.597. The van der Waals surface area contributed by atoms with Gasteiger partial charge in [-0.3, -0.25) is 4.79 Å². The van der Waals surface area contributed by atoms with E-state index in [1.165, 1.54) is 0 Å². The fourth-order valence-corrected chi connectivity index (χ4v) is 3.32. The van der Waals surface area contributed by atoms with Gasteiger partial charge >= 0.3 is 0 Å². The second-order valence-corrected chi connectivity index (χ2v) is 7.62. The standard InChI is InChI=1S/C22H25N3O3/c1-4-17-16(15-7-5-6-8-18(15)27-17)11-12-19(26)23-20(13(2)3)22-24-21(25-28-22)14-9-10-14/h5-8,11-14,20H,4,9-10H2,1-3H3,(H,23,26)/b12-11+. The maximum absolute atomic E-state index is 12.6. The molecule has 6 nitrogen and oxygen atoms in total. The van der Waals surface area contributed by atoms with E-state index in [1.54, 1.807) is 6.08 Å². The third kappa shape index (κ3) is 3.72.